The highest BCUT2D eigenvalue weighted by atomic mass is 32.1. The lowest BCUT2D eigenvalue weighted by Crippen LogP contribution is -2.25. The number of thiophene rings is 1. The van der Waals surface area contributed by atoms with Crippen molar-refractivity contribution >= 4 is 11.3 Å². The molecule has 0 fully saturated rings. The van der Waals surface area contributed by atoms with Gasteiger partial charge in [0.1, 0.15) is 0 Å². The van der Waals surface area contributed by atoms with Crippen LogP contribution in [0.25, 0.3) is 0 Å². The van der Waals surface area contributed by atoms with E-state index in [0.717, 1.165) is 13.1 Å². The van der Waals surface area contributed by atoms with Gasteiger partial charge in [-0.05, 0) is 51.4 Å². The maximum Gasteiger partial charge on any atom is 0.0134 e. The zero-order valence-corrected chi connectivity index (χ0v) is 12.1. The molecular weight excluding hydrogens is 214 g/mol. The van der Waals surface area contributed by atoms with Crippen LogP contribution < -0.4 is 5.32 Å². The Kier molecular flexibility index (Phi) is 5.00. The molecule has 0 aliphatic heterocycles. The quantitative estimate of drug-likeness (QED) is 0.739. The summed E-state index contributed by atoms with van der Waals surface area (Å²) in [5, 5.41) is 3.49. The van der Waals surface area contributed by atoms with Gasteiger partial charge in [0.05, 0.1) is 0 Å². The Labute approximate surface area is 104 Å². The molecule has 92 valence electrons. The van der Waals surface area contributed by atoms with Crippen molar-refractivity contribution in [3.05, 3.63) is 21.4 Å². The van der Waals surface area contributed by atoms with Gasteiger partial charge in [-0.15, -0.1) is 11.3 Å². The molecule has 0 saturated heterocycles. The van der Waals surface area contributed by atoms with Gasteiger partial charge in [-0.1, -0.05) is 20.8 Å². The van der Waals surface area contributed by atoms with Crippen LogP contribution in [0.5, 0.6) is 0 Å². The summed E-state index contributed by atoms with van der Waals surface area (Å²) in [6.07, 6.45) is 2.44. The molecule has 1 heterocycles. The Balaban J connectivity index is 2.59. The average Bonchev–Trinajstić information content (AvgIpc) is 2.53. The predicted molar refractivity (Wildman–Crippen MR) is 74.6 cm³/mol. The largest absolute Gasteiger partial charge is 0.317 e. The van der Waals surface area contributed by atoms with E-state index in [4.69, 9.17) is 0 Å². The molecular formula is C14H25NS. The standard InChI is InChI=1S/C14H25NS/c1-6-8-15-9-7-14(4,5)13-11(2)10-12(3)16-13/h10,15H,6-9H2,1-5H3. The normalized spacial score (nSPS) is 12.1. The zero-order valence-electron chi connectivity index (χ0n) is 11.3. The van der Waals surface area contributed by atoms with Crippen LogP contribution in [0.15, 0.2) is 6.07 Å². The fraction of sp³-hybridized carbons (Fsp3) is 0.714. The van der Waals surface area contributed by atoms with Crippen molar-refractivity contribution in [2.45, 2.75) is 52.9 Å². The third-order valence-electron chi connectivity index (χ3n) is 3.01. The third kappa shape index (κ3) is 3.60. The second-order valence-corrected chi connectivity index (χ2v) is 6.51. The van der Waals surface area contributed by atoms with Crippen LogP contribution >= 0.6 is 11.3 Å². The Bertz CT molecular complexity index is 325. The number of hydrogen-bond donors (Lipinski definition) is 1. The van der Waals surface area contributed by atoms with E-state index in [-0.39, 0.29) is 0 Å². The van der Waals surface area contributed by atoms with Gasteiger partial charge in [-0.2, -0.15) is 0 Å². The molecule has 0 aliphatic rings. The molecule has 1 aromatic heterocycles. The Hall–Kier alpha value is -0.340. The van der Waals surface area contributed by atoms with Gasteiger partial charge in [0.2, 0.25) is 0 Å². The summed E-state index contributed by atoms with van der Waals surface area (Å²) in [6, 6.07) is 2.31. The summed E-state index contributed by atoms with van der Waals surface area (Å²) < 4.78 is 0. The summed E-state index contributed by atoms with van der Waals surface area (Å²) in [5.74, 6) is 0. The lowest BCUT2D eigenvalue weighted by molar-refractivity contribution is 0.463. The van der Waals surface area contributed by atoms with Gasteiger partial charge in [-0.25, -0.2) is 0 Å². The molecule has 2 heteroatoms. The van der Waals surface area contributed by atoms with E-state index >= 15 is 0 Å². The van der Waals surface area contributed by atoms with Crippen LogP contribution in [0.4, 0.5) is 0 Å². The second kappa shape index (κ2) is 5.83. The van der Waals surface area contributed by atoms with Crippen molar-refractivity contribution < 1.29 is 0 Å². The SMILES string of the molecule is CCCNCCC(C)(C)c1sc(C)cc1C. The second-order valence-electron chi connectivity index (χ2n) is 5.25. The Morgan fingerprint density at radius 1 is 1.25 bits per heavy atom. The van der Waals surface area contributed by atoms with Crippen LogP contribution in [0.2, 0.25) is 0 Å². The van der Waals surface area contributed by atoms with Crippen LogP contribution in [0.3, 0.4) is 0 Å². The average molecular weight is 239 g/mol. The van der Waals surface area contributed by atoms with Gasteiger partial charge in [0.15, 0.2) is 0 Å². The highest BCUT2D eigenvalue weighted by Gasteiger charge is 2.23. The molecule has 0 atom stereocenters. The third-order valence-corrected chi connectivity index (χ3v) is 4.53. The first-order valence-corrected chi connectivity index (χ1v) is 7.07. The lowest BCUT2D eigenvalue weighted by Gasteiger charge is -2.24. The Morgan fingerprint density at radius 3 is 2.44 bits per heavy atom. The summed E-state index contributed by atoms with van der Waals surface area (Å²) in [5.41, 5.74) is 1.77. The summed E-state index contributed by atoms with van der Waals surface area (Å²) in [6.45, 7) is 13.6. The summed E-state index contributed by atoms with van der Waals surface area (Å²) >= 11 is 1.96. The van der Waals surface area contributed by atoms with Crippen molar-refractivity contribution in [3.8, 4) is 0 Å². The van der Waals surface area contributed by atoms with Crippen molar-refractivity contribution in [1.29, 1.82) is 0 Å². The number of aryl methyl sites for hydroxylation is 2. The highest BCUT2D eigenvalue weighted by Crippen LogP contribution is 2.35. The van der Waals surface area contributed by atoms with E-state index in [1.165, 1.54) is 23.3 Å². The Morgan fingerprint density at radius 2 is 1.94 bits per heavy atom. The fourth-order valence-corrected chi connectivity index (χ4v) is 3.29. The summed E-state index contributed by atoms with van der Waals surface area (Å²) in [7, 11) is 0. The molecule has 1 N–H and O–H groups in total. The number of hydrogen-bond acceptors (Lipinski definition) is 2. The molecule has 0 bridgehead atoms. The fourth-order valence-electron chi connectivity index (χ4n) is 2.13. The maximum atomic E-state index is 3.49. The van der Waals surface area contributed by atoms with Gasteiger partial charge in [0, 0.05) is 15.2 Å². The monoisotopic (exact) mass is 239 g/mol. The molecule has 0 radical (unpaired) electrons. The van der Waals surface area contributed by atoms with Gasteiger partial charge < -0.3 is 5.32 Å². The maximum absolute atomic E-state index is 3.49. The highest BCUT2D eigenvalue weighted by molar-refractivity contribution is 7.12. The van der Waals surface area contributed by atoms with E-state index in [0.29, 0.717) is 5.41 Å². The summed E-state index contributed by atoms with van der Waals surface area (Å²) in [4.78, 5) is 2.99. The van der Waals surface area contributed by atoms with Crippen LogP contribution in [-0.2, 0) is 5.41 Å². The smallest absolute Gasteiger partial charge is 0.0134 e. The minimum atomic E-state index is 0.309. The molecule has 0 unspecified atom stereocenters. The molecule has 0 aromatic carbocycles. The van der Waals surface area contributed by atoms with Crippen LogP contribution in [0, 0.1) is 13.8 Å². The van der Waals surface area contributed by atoms with E-state index < -0.39 is 0 Å². The van der Waals surface area contributed by atoms with E-state index in [2.05, 4.69) is 46.0 Å². The molecule has 0 aliphatic carbocycles. The molecule has 0 amide bonds. The molecule has 1 rings (SSSR count). The molecule has 1 nitrogen and oxygen atoms in total. The van der Waals surface area contributed by atoms with E-state index in [9.17, 15) is 0 Å². The van der Waals surface area contributed by atoms with Crippen molar-refractivity contribution in [2.24, 2.45) is 0 Å². The topological polar surface area (TPSA) is 12.0 Å². The molecule has 1 aromatic rings. The van der Waals surface area contributed by atoms with Crippen LogP contribution in [0.1, 0.15) is 48.9 Å². The van der Waals surface area contributed by atoms with Gasteiger partial charge in [0.25, 0.3) is 0 Å². The number of rotatable bonds is 6. The van der Waals surface area contributed by atoms with Crippen molar-refractivity contribution in [1.82, 2.24) is 5.32 Å². The van der Waals surface area contributed by atoms with E-state index in [1.807, 2.05) is 11.3 Å². The van der Waals surface area contributed by atoms with Gasteiger partial charge in [-0.3, -0.25) is 0 Å². The van der Waals surface area contributed by atoms with Crippen molar-refractivity contribution in [3.63, 3.8) is 0 Å². The zero-order chi connectivity index (χ0) is 12.2. The number of nitrogens with one attached hydrogen (secondary N) is 1. The van der Waals surface area contributed by atoms with E-state index in [1.54, 1.807) is 4.88 Å². The van der Waals surface area contributed by atoms with Crippen LogP contribution in [-0.4, -0.2) is 13.1 Å². The molecule has 16 heavy (non-hydrogen) atoms. The molecule has 0 spiro atoms. The minimum absolute atomic E-state index is 0.309. The first-order chi connectivity index (χ1) is 7.47. The first kappa shape index (κ1) is 13.7. The first-order valence-electron chi connectivity index (χ1n) is 6.25. The van der Waals surface area contributed by atoms with Gasteiger partial charge >= 0.3 is 0 Å². The predicted octanol–water partition coefficient (Wildman–Crippen LogP) is 4.03. The minimum Gasteiger partial charge on any atom is -0.317 e. The lowest BCUT2D eigenvalue weighted by atomic mass is 9.86. The van der Waals surface area contributed by atoms with Crippen molar-refractivity contribution in [2.75, 3.05) is 13.1 Å². The molecule has 0 saturated carbocycles.